The second kappa shape index (κ2) is 11.1. The number of halogens is 1. The van der Waals surface area contributed by atoms with Crippen LogP contribution in [0.15, 0.2) is 48.7 Å². The molecule has 3 aliphatic rings. The minimum atomic E-state index is -1.01. The van der Waals surface area contributed by atoms with Crippen LogP contribution in [-0.4, -0.2) is 71.5 Å². The minimum Gasteiger partial charge on any atom is -0.350 e. The first-order valence-corrected chi connectivity index (χ1v) is 15.0. The molecule has 0 bridgehead atoms. The van der Waals surface area contributed by atoms with Crippen LogP contribution in [0.3, 0.4) is 0 Å². The molecule has 0 radical (unpaired) electrons. The summed E-state index contributed by atoms with van der Waals surface area (Å²) in [5.74, 6) is -0.292. The molecule has 1 aromatic carbocycles. The van der Waals surface area contributed by atoms with Gasteiger partial charge in [-0.05, 0) is 37.0 Å². The van der Waals surface area contributed by atoms with E-state index < -0.39 is 12.2 Å². The molecule has 1 saturated carbocycles. The van der Waals surface area contributed by atoms with Crippen LogP contribution in [-0.2, 0) is 9.59 Å². The molecule has 3 fully saturated rings. The summed E-state index contributed by atoms with van der Waals surface area (Å²) in [5, 5.41) is 9.77. The number of amides is 3. The Hall–Kier alpha value is -3.15. The van der Waals surface area contributed by atoms with Gasteiger partial charge in [0.1, 0.15) is 11.2 Å². The zero-order chi connectivity index (χ0) is 26.9. The van der Waals surface area contributed by atoms with Gasteiger partial charge in [-0.15, -0.1) is 22.7 Å². The number of hydrogen-bond acceptors (Lipinski definition) is 7. The summed E-state index contributed by atoms with van der Waals surface area (Å²) in [6, 6.07) is 12.8. The van der Waals surface area contributed by atoms with Crippen molar-refractivity contribution in [2.24, 2.45) is 5.92 Å². The van der Waals surface area contributed by atoms with Gasteiger partial charge >= 0.3 is 0 Å². The Labute approximate surface area is 234 Å². The van der Waals surface area contributed by atoms with E-state index in [0.717, 1.165) is 33.2 Å². The smallest absolute Gasteiger partial charge is 0.261 e. The van der Waals surface area contributed by atoms with Crippen molar-refractivity contribution in [1.29, 1.82) is 0 Å². The van der Waals surface area contributed by atoms with Crippen LogP contribution >= 0.6 is 22.7 Å². The zero-order valence-corrected chi connectivity index (χ0v) is 22.9. The number of nitrogens with one attached hydrogen (secondary N) is 3. The third-order valence-electron chi connectivity index (χ3n) is 7.47. The van der Waals surface area contributed by atoms with Crippen molar-refractivity contribution in [2.45, 2.75) is 50.0 Å². The van der Waals surface area contributed by atoms with Crippen molar-refractivity contribution in [3.8, 4) is 20.3 Å². The van der Waals surface area contributed by atoms with Crippen LogP contribution in [0, 0.1) is 5.92 Å². The lowest BCUT2D eigenvalue weighted by atomic mass is 10.1. The average Bonchev–Trinajstić information content (AvgIpc) is 3.34. The lowest BCUT2D eigenvalue weighted by Crippen LogP contribution is -2.46. The number of carbonyl (C=O) groups is 3. The van der Waals surface area contributed by atoms with E-state index in [9.17, 15) is 18.8 Å². The first-order valence-electron chi connectivity index (χ1n) is 13.3. The van der Waals surface area contributed by atoms with Gasteiger partial charge in [-0.3, -0.25) is 14.4 Å². The molecule has 3 aromatic rings. The van der Waals surface area contributed by atoms with E-state index in [-0.39, 0.29) is 48.7 Å². The van der Waals surface area contributed by atoms with E-state index in [2.05, 4.69) is 20.9 Å². The third kappa shape index (κ3) is 5.90. The van der Waals surface area contributed by atoms with Crippen LogP contribution in [0.25, 0.3) is 20.3 Å². The lowest BCUT2D eigenvalue weighted by molar-refractivity contribution is -0.133. The number of carbonyl (C=O) groups excluding carboxylic acids is 3. The molecule has 0 spiro atoms. The normalized spacial score (nSPS) is 24.6. The van der Waals surface area contributed by atoms with Crippen molar-refractivity contribution in [2.75, 3.05) is 19.6 Å². The summed E-state index contributed by atoms with van der Waals surface area (Å²) in [4.78, 5) is 47.5. The fourth-order valence-electron chi connectivity index (χ4n) is 5.24. The predicted octanol–water partition coefficient (Wildman–Crippen LogP) is 3.46. The van der Waals surface area contributed by atoms with Gasteiger partial charge in [0.25, 0.3) is 5.91 Å². The molecular formula is C28H30FN5O3S2. The topological polar surface area (TPSA) is 103 Å². The largest absolute Gasteiger partial charge is 0.350 e. The lowest BCUT2D eigenvalue weighted by Gasteiger charge is -2.24. The Morgan fingerprint density at radius 3 is 2.62 bits per heavy atom. The summed E-state index contributed by atoms with van der Waals surface area (Å²) in [5.41, 5.74) is 1.11. The second-order valence-corrected chi connectivity index (χ2v) is 12.5. The molecule has 0 unspecified atom stereocenters. The van der Waals surface area contributed by atoms with Gasteiger partial charge in [0, 0.05) is 44.2 Å². The number of thiazole rings is 1. The highest BCUT2D eigenvalue weighted by Gasteiger charge is 2.42. The first kappa shape index (κ1) is 26.1. The van der Waals surface area contributed by atoms with Gasteiger partial charge in [0.2, 0.25) is 11.8 Å². The predicted molar refractivity (Wildman–Crippen MR) is 149 cm³/mol. The number of hydrogen-bond donors (Lipinski definition) is 3. The van der Waals surface area contributed by atoms with Crippen molar-refractivity contribution in [1.82, 2.24) is 25.8 Å². The van der Waals surface area contributed by atoms with Crippen LogP contribution in [0.1, 0.15) is 35.4 Å². The Balaban J connectivity index is 1.07. The summed E-state index contributed by atoms with van der Waals surface area (Å²) in [6.45, 7) is 0.899. The van der Waals surface area contributed by atoms with Gasteiger partial charge < -0.3 is 20.9 Å². The highest BCUT2D eigenvalue weighted by atomic mass is 32.1. The first-order chi connectivity index (χ1) is 18.9. The molecule has 3 amide bonds. The maximum Gasteiger partial charge on any atom is 0.261 e. The van der Waals surface area contributed by atoms with Gasteiger partial charge in [-0.1, -0.05) is 30.3 Å². The number of nitrogens with zero attached hydrogens (tertiary/aromatic N) is 2. The number of aromatic nitrogens is 1. The molecular weight excluding hydrogens is 537 g/mol. The van der Waals surface area contributed by atoms with E-state index in [4.69, 9.17) is 0 Å². The van der Waals surface area contributed by atoms with Crippen LogP contribution in [0.2, 0.25) is 0 Å². The van der Waals surface area contributed by atoms with E-state index in [1.165, 1.54) is 11.3 Å². The molecule has 2 saturated heterocycles. The summed E-state index contributed by atoms with van der Waals surface area (Å²) in [6.07, 6.45) is 3.33. The Morgan fingerprint density at radius 1 is 1.05 bits per heavy atom. The molecule has 2 aliphatic heterocycles. The third-order valence-corrected chi connectivity index (χ3v) is 9.77. The van der Waals surface area contributed by atoms with Crippen molar-refractivity contribution >= 4 is 40.4 Å². The van der Waals surface area contributed by atoms with E-state index in [0.29, 0.717) is 24.4 Å². The Morgan fingerprint density at radius 2 is 1.87 bits per heavy atom. The summed E-state index contributed by atoms with van der Waals surface area (Å²) in [7, 11) is 0. The zero-order valence-electron chi connectivity index (χ0n) is 21.3. The monoisotopic (exact) mass is 567 g/mol. The van der Waals surface area contributed by atoms with Crippen LogP contribution < -0.4 is 16.0 Å². The van der Waals surface area contributed by atoms with Crippen LogP contribution in [0.4, 0.5) is 4.39 Å². The maximum atomic E-state index is 13.5. The quantitative estimate of drug-likeness (QED) is 0.387. The van der Waals surface area contributed by atoms with Gasteiger partial charge in [0.15, 0.2) is 0 Å². The summed E-state index contributed by atoms with van der Waals surface area (Å²) >= 11 is 2.98. The Bertz CT molecular complexity index is 1360. The molecule has 8 nitrogen and oxygen atoms in total. The van der Waals surface area contributed by atoms with Crippen molar-refractivity contribution in [3.63, 3.8) is 0 Å². The molecule has 11 heteroatoms. The second-order valence-electron chi connectivity index (χ2n) is 10.4. The van der Waals surface area contributed by atoms with E-state index >= 15 is 0 Å². The molecule has 1 aliphatic carbocycles. The molecule has 2 aromatic heterocycles. The summed E-state index contributed by atoms with van der Waals surface area (Å²) < 4.78 is 13.5. The van der Waals surface area contributed by atoms with Gasteiger partial charge in [-0.25, -0.2) is 9.37 Å². The Kier molecular flexibility index (Phi) is 7.46. The fourth-order valence-corrected chi connectivity index (χ4v) is 7.15. The van der Waals surface area contributed by atoms with Gasteiger partial charge in [-0.2, -0.15) is 0 Å². The fraction of sp³-hybridized carbons (Fsp3) is 0.429. The minimum absolute atomic E-state index is 0.0420. The number of thiophene rings is 1. The molecule has 4 atom stereocenters. The molecule has 3 N–H and O–H groups in total. The standard InChI is InChI=1S/C28H30FN5O3S2/c29-18-10-21(30-12-18)25(35)33-19-11-20(34(15-19)28(37)17-6-7-17)13-31-26(36)22-8-9-23(38-22)27-32-14-24(39-27)16-4-2-1-3-5-16/h1-5,8-9,14,17-21,30H,6-7,10-13,15H2,(H,31,36)(H,33,35)/t18-,19+,20+,21-/m0/s1. The molecule has 6 rings (SSSR count). The molecule has 204 valence electrons. The number of alkyl halides is 1. The maximum absolute atomic E-state index is 13.5. The van der Waals surface area contributed by atoms with Crippen LogP contribution in [0.5, 0.6) is 0 Å². The van der Waals surface area contributed by atoms with Crippen molar-refractivity contribution < 1.29 is 18.8 Å². The van der Waals surface area contributed by atoms with E-state index in [1.54, 1.807) is 17.4 Å². The number of rotatable bonds is 8. The van der Waals surface area contributed by atoms with Gasteiger partial charge in [0.05, 0.1) is 26.7 Å². The SMILES string of the molecule is O=C(NC[C@H]1C[C@@H](NC(=O)[C@@H]2C[C@H](F)CN2)CN1C(=O)C1CC1)c1ccc(-c2ncc(-c3ccccc3)s2)s1. The van der Waals surface area contributed by atoms with Crippen molar-refractivity contribution in [3.05, 3.63) is 53.5 Å². The number of benzene rings is 1. The highest BCUT2D eigenvalue weighted by molar-refractivity contribution is 7.24. The molecule has 4 heterocycles. The van der Waals surface area contributed by atoms with E-state index in [1.807, 2.05) is 47.5 Å². The molecule has 39 heavy (non-hydrogen) atoms. The average molecular weight is 568 g/mol. The highest BCUT2D eigenvalue weighted by Crippen LogP contribution is 2.36. The number of likely N-dealkylation sites (tertiary alicyclic amines) is 1.